The van der Waals surface area contributed by atoms with E-state index >= 15 is 0 Å². The molecule has 26 heavy (non-hydrogen) atoms. The van der Waals surface area contributed by atoms with Crippen LogP contribution in [0.3, 0.4) is 0 Å². The Kier molecular flexibility index (Phi) is 5.96. The average Bonchev–Trinajstić information content (AvgIpc) is 3.03. The summed E-state index contributed by atoms with van der Waals surface area (Å²) in [5, 5.41) is 6.70. The van der Waals surface area contributed by atoms with E-state index in [-0.39, 0.29) is 11.8 Å². The van der Waals surface area contributed by atoms with E-state index in [1.165, 1.54) is 11.6 Å². The van der Waals surface area contributed by atoms with Gasteiger partial charge in [0.15, 0.2) is 0 Å². The SMILES string of the molecule is CC(=O)Nc1ccc(NC(=O)CCCCc2nc3ccccc3s2)cc1. The van der Waals surface area contributed by atoms with Gasteiger partial charge in [0.05, 0.1) is 15.2 Å². The number of carbonyl (C=O) groups is 2. The largest absolute Gasteiger partial charge is 0.326 e. The van der Waals surface area contributed by atoms with E-state index in [9.17, 15) is 9.59 Å². The van der Waals surface area contributed by atoms with Gasteiger partial charge >= 0.3 is 0 Å². The van der Waals surface area contributed by atoms with E-state index in [4.69, 9.17) is 0 Å². The fourth-order valence-electron chi connectivity index (χ4n) is 2.65. The molecule has 0 aliphatic carbocycles. The number of aromatic nitrogens is 1. The Hall–Kier alpha value is -2.73. The van der Waals surface area contributed by atoms with Gasteiger partial charge in [-0.25, -0.2) is 4.98 Å². The van der Waals surface area contributed by atoms with Crippen LogP contribution in [0.2, 0.25) is 0 Å². The van der Waals surface area contributed by atoms with Gasteiger partial charge in [-0.1, -0.05) is 12.1 Å². The molecule has 0 fully saturated rings. The van der Waals surface area contributed by atoms with Gasteiger partial charge in [-0.3, -0.25) is 9.59 Å². The van der Waals surface area contributed by atoms with Gasteiger partial charge < -0.3 is 10.6 Å². The standard InChI is InChI=1S/C20H21N3O2S/c1-14(24)21-15-10-12-16(13-11-15)22-19(25)8-4-5-9-20-23-17-6-2-3-7-18(17)26-20/h2-3,6-7,10-13H,4-5,8-9H2,1H3,(H,21,24)(H,22,25). The number of hydrogen-bond acceptors (Lipinski definition) is 4. The number of hydrogen-bond donors (Lipinski definition) is 2. The quantitative estimate of drug-likeness (QED) is 0.599. The van der Waals surface area contributed by atoms with Gasteiger partial charge in [-0.2, -0.15) is 0 Å². The zero-order valence-electron chi connectivity index (χ0n) is 14.6. The first kappa shape index (κ1) is 18.1. The summed E-state index contributed by atoms with van der Waals surface area (Å²) in [6.07, 6.45) is 3.15. The van der Waals surface area contributed by atoms with Crippen LogP contribution in [0.5, 0.6) is 0 Å². The molecule has 0 bridgehead atoms. The third-order valence-electron chi connectivity index (χ3n) is 3.87. The van der Waals surface area contributed by atoms with E-state index in [0.717, 1.165) is 35.5 Å². The zero-order valence-corrected chi connectivity index (χ0v) is 15.4. The van der Waals surface area contributed by atoms with E-state index in [0.29, 0.717) is 12.1 Å². The van der Waals surface area contributed by atoms with Gasteiger partial charge in [0, 0.05) is 24.7 Å². The van der Waals surface area contributed by atoms with Gasteiger partial charge in [0.1, 0.15) is 0 Å². The summed E-state index contributed by atoms with van der Waals surface area (Å²) in [6.45, 7) is 1.46. The Morgan fingerprint density at radius 3 is 2.35 bits per heavy atom. The molecule has 1 heterocycles. The first-order chi connectivity index (χ1) is 12.6. The number of nitrogens with one attached hydrogen (secondary N) is 2. The molecule has 0 saturated carbocycles. The molecule has 0 saturated heterocycles. The monoisotopic (exact) mass is 367 g/mol. The lowest BCUT2D eigenvalue weighted by molar-refractivity contribution is -0.116. The molecule has 1 aromatic heterocycles. The molecule has 0 aliphatic rings. The number of nitrogens with zero attached hydrogens (tertiary/aromatic N) is 1. The van der Waals surface area contributed by atoms with Gasteiger partial charge in [0.25, 0.3) is 0 Å². The number of amides is 2. The van der Waals surface area contributed by atoms with Crippen molar-refractivity contribution in [3.63, 3.8) is 0 Å². The molecule has 5 nitrogen and oxygen atoms in total. The molecular formula is C20H21N3O2S. The molecule has 2 amide bonds. The average molecular weight is 367 g/mol. The van der Waals surface area contributed by atoms with E-state index in [1.807, 2.05) is 18.2 Å². The highest BCUT2D eigenvalue weighted by molar-refractivity contribution is 7.18. The molecule has 134 valence electrons. The minimum atomic E-state index is -0.116. The first-order valence-electron chi connectivity index (χ1n) is 8.62. The molecule has 2 aromatic carbocycles. The van der Waals surface area contributed by atoms with Crippen LogP contribution >= 0.6 is 11.3 Å². The lowest BCUT2D eigenvalue weighted by Crippen LogP contribution is -2.11. The van der Waals surface area contributed by atoms with E-state index in [1.54, 1.807) is 35.6 Å². The first-order valence-corrected chi connectivity index (χ1v) is 9.44. The molecular weight excluding hydrogens is 346 g/mol. The van der Waals surface area contributed by atoms with Crippen LogP contribution in [-0.2, 0) is 16.0 Å². The third-order valence-corrected chi connectivity index (χ3v) is 4.97. The number of rotatable bonds is 7. The Bertz CT molecular complexity index is 870. The lowest BCUT2D eigenvalue weighted by atomic mass is 10.2. The summed E-state index contributed by atoms with van der Waals surface area (Å²) in [4.78, 5) is 27.6. The minimum absolute atomic E-state index is 0.00146. The highest BCUT2D eigenvalue weighted by Crippen LogP contribution is 2.23. The van der Waals surface area contributed by atoms with Crippen LogP contribution in [0.1, 0.15) is 31.2 Å². The van der Waals surface area contributed by atoms with Gasteiger partial charge in [-0.15, -0.1) is 11.3 Å². The second-order valence-corrected chi connectivity index (χ2v) is 7.20. The third kappa shape index (κ3) is 5.13. The molecule has 2 N–H and O–H groups in total. The molecule has 0 spiro atoms. The van der Waals surface area contributed by atoms with Crippen LogP contribution in [0, 0.1) is 0 Å². The summed E-state index contributed by atoms with van der Waals surface area (Å²) < 4.78 is 1.21. The lowest BCUT2D eigenvalue weighted by Gasteiger charge is -2.07. The predicted molar refractivity (Wildman–Crippen MR) is 107 cm³/mol. The van der Waals surface area contributed by atoms with Crippen molar-refractivity contribution < 1.29 is 9.59 Å². The molecule has 0 radical (unpaired) electrons. The summed E-state index contributed by atoms with van der Waals surface area (Å²) in [5.74, 6) is -0.114. The number of benzene rings is 2. The maximum absolute atomic E-state index is 12.0. The smallest absolute Gasteiger partial charge is 0.224 e. The number of para-hydroxylation sites is 1. The maximum atomic E-state index is 12.0. The molecule has 0 atom stereocenters. The number of fused-ring (bicyclic) bond motifs is 1. The Balaban J connectivity index is 1.40. The van der Waals surface area contributed by atoms with Crippen molar-refractivity contribution in [2.75, 3.05) is 10.6 Å². The number of aryl methyl sites for hydroxylation is 1. The normalized spacial score (nSPS) is 10.7. The van der Waals surface area contributed by atoms with Crippen molar-refractivity contribution in [3.05, 3.63) is 53.5 Å². The zero-order chi connectivity index (χ0) is 18.4. The minimum Gasteiger partial charge on any atom is -0.326 e. The number of thiazole rings is 1. The fraction of sp³-hybridized carbons (Fsp3) is 0.250. The topological polar surface area (TPSA) is 71.1 Å². The van der Waals surface area contributed by atoms with Crippen LogP contribution in [0.25, 0.3) is 10.2 Å². The molecule has 3 aromatic rings. The highest BCUT2D eigenvalue weighted by atomic mass is 32.1. The van der Waals surface area contributed by atoms with Crippen molar-refractivity contribution in [2.45, 2.75) is 32.6 Å². The van der Waals surface area contributed by atoms with Crippen molar-refractivity contribution >= 4 is 44.7 Å². The highest BCUT2D eigenvalue weighted by Gasteiger charge is 2.06. The summed E-state index contributed by atoms with van der Waals surface area (Å²) >= 11 is 1.72. The number of carbonyl (C=O) groups excluding carboxylic acids is 2. The number of unbranched alkanes of at least 4 members (excludes halogenated alkanes) is 1. The Morgan fingerprint density at radius 1 is 0.962 bits per heavy atom. The van der Waals surface area contributed by atoms with Crippen LogP contribution in [-0.4, -0.2) is 16.8 Å². The van der Waals surface area contributed by atoms with Crippen LogP contribution in [0.15, 0.2) is 48.5 Å². The molecule has 3 rings (SSSR count). The fourth-order valence-corrected chi connectivity index (χ4v) is 3.66. The van der Waals surface area contributed by atoms with Crippen molar-refractivity contribution in [1.29, 1.82) is 0 Å². The van der Waals surface area contributed by atoms with Gasteiger partial charge in [0.2, 0.25) is 11.8 Å². The Morgan fingerprint density at radius 2 is 1.65 bits per heavy atom. The van der Waals surface area contributed by atoms with E-state index in [2.05, 4.69) is 21.7 Å². The summed E-state index contributed by atoms with van der Waals surface area (Å²) in [7, 11) is 0. The van der Waals surface area contributed by atoms with Crippen molar-refractivity contribution in [3.8, 4) is 0 Å². The van der Waals surface area contributed by atoms with Gasteiger partial charge in [-0.05, 0) is 55.7 Å². The van der Waals surface area contributed by atoms with Crippen LogP contribution < -0.4 is 10.6 Å². The van der Waals surface area contributed by atoms with Crippen molar-refractivity contribution in [2.24, 2.45) is 0 Å². The molecule has 0 unspecified atom stereocenters. The predicted octanol–water partition coefficient (Wildman–Crippen LogP) is 4.61. The Labute approximate surface area is 156 Å². The molecule has 6 heteroatoms. The number of anilines is 2. The summed E-state index contributed by atoms with van der Waals surface area (Å²) in [5.41, 5.74) is 2.49. The maximum Gasteiger partial charge on any atom is 0.224 e. The molecule has 0 aliphatic heterocycles. The summed E-state index contributed by atoms with van der Waals surface area (Å²) in [6, 6.07) is 15.2. The second kappa shape index (κ2) is 8.58. The van der Waals surface area contributed by atoms with Crippen LogP contribution in [0.4, 0.5) is 11.4 Å². The second-order valence-electron chi connectivity index (χ2n) is 6.09. The van der Waals surface area contributed by atoms with Crippen molar-refractivity contribution in [1.82, 2.24) is 4.98 Å². The van der Waals surface area contributed by atoms with E-state index < -0.39 is 0 Å².